The summed E-state index contributed by atoms with van der Waals surface area (Å²) in [5.41, 5.74) is 1.09. The van der Waals surface area contributed by atoms with Gasteiger partial charge in [-0.25, -0.2) is 14.4 Å². The van der Waals surface area contributed by atoms with Crippen LogP contribution in [0.1, 0.15) is 31.1 Å². The lowest BCUT2D eigenvalue weighted by molar-refractivity contribution is -0.121. The zero-order chi connectivity index (χ0) is 41.2. The van der Waals surface area contributed by atoms with Crippen LogP contribution in [-0.2, 0) is 14.4 Å². The van der Waals surface area contributed by atoms with Crippen LogP contribution in [0.5, 0.6) is 17.2 Å². The van der Waals surface area contributed by atoms with Crippen LogP contribution in [0, 0.1) is 0 Å². The molecule has 8 rings (SSSR count). The zero-order valence-corrected chi connectivity index (χ0v) is 29.5. The predicted octanol–water partition coefficient (Wildman–Crippen LogP) is 6.62. The number of carbonyl (C=O) groups excluding carboxylic acids is 3. The van der Waals surface area contributed by atoms with Gasteiger partial charge in [0.25, 0.3) is 19.4 Å². The normalized spacial score (nSPS) is 10.8. The molecule has 0 radical (unpaired) electrons. The van der Waals surface area contributed by atoms with Crippen LogP contribution >= 0.6 is 0 Å². The Morgan fingerprint density at radius 1 is 0.414 bits per heavy atom. The Hall–Kier alpha value is -8.52. The van der Waals surface area contributed by atoms with Gasteiger partial charge in [-0.05, 0) is 117 Å². The maximum Gasteiger partial charge on any atom is 0.336 e. The smallest absolute Gasteiger partial charge is 0.336 e. The molecule has 0 aliphatic rings. The van der Waals surface area contributed by atoms with Gasteiger partial charge in [0.05, 0.1) is 16.7 Å². The van der Waals surface area contributed by atoms with Gasteiger partial charge in [-0.1, -0.05) is 30.3 Å². The number of rotatable bonds is 11. The van der Waals surface area contributed by atoms with Crippen molar-refractivity contribution in [3.63, 3.8) is 0 Å². The molecule has 14 nitrogen and oxygen atoms in total. The molecular formula is C44H24O14. The lowest BCUT2D eigenvalue weighted by Gasteiger charge is -2.14. The Kier molecular flexibility index (Phi) is 9.98. The van der Waals surface area contributed by atoms with Gasteiger partial charge in [0.15, 0.2) is 10.9 Å². The number of aromatic carboxylic acids is 3. The molecular weight excluding hydrogens is 752 g/mol. The minimum absolute atomic E-state index is 0.0385. The molecule has 0 spiro atoms. The van der Waals surface area contributed by atoms with Gasteiger partial charge in [0.1, 0.15) is 17.2 Å². The lowest BCUT2D eigenvalue weighted by Crippen LogP contribution is -2.03. The first-order valence-electron chi connectivity index (χ1n) is 16.9. The number of ether oxygens (including phenoxy) is 3. The fourth-order valence-electron chi connectivity index (χ4n) is 6.82. The number of carboxylic acid groups (broad SMARTS) is 3. The lowest BCUT2D eigenvalue weighted by atomic mass is 9.93. The SMILES string of the molecule is O=COc1ccc(-c2cc(C(=O)O)c(-c3ccc(C(=O)O)cc3)cc2OC=O)cc1.O=COc1ccc2c(c1)c(=O)c1cc3c(cc12)c(=O)c1cc(C(=O)O)ccc13. The quantitative estimate of drug-likeness (QED) is 0.118. The molecule has 0 aromatic heterocycles. The number of fused-ring (bicyclic) bond motifs is 6. The summed E-state index contributed by atoms with van der Waals surface area (Å²) in [5.74, 6) is -2.76. The number of hydrogen-bond acceptors (Lipinski definition) is 11. The van der Waals surface area contributed by atoms with Crippen molar-refractivity contribution in [1.29, 1.82) is 0 Å². The fraction of sp³-hybridized carbons (Fsp3) is 0. The topological polar surface area (TPSA) is 225 Å². The molecule has 0 aliphatic carbocycles. The Labute approximate surface area is 324 Å². The summed E-state index contributed by atoms with van der Waals surface area (Å²) in [6.45, 7) is 0.799. The highest BCUT2D eigenvalue weighted by Gasteiger charge is 2.20. The number of carbonyl (C=O) groups is 6. The summed E-state index contributed by atoms with van der Waals surface area (Å²) in [6, 6.07) is 27.1. The first kappa shape index (κ1) is 37.8. The summed E-state index contributed by atoms with van der Waals surface area (Å²) in [4.78, 5) is 91.9. The summed E-state index contributed by atoms with van der Waals surface area (Å²) < 4.78 is 14.6. The van der Waals surface area contributed by atoms with Crippen molar-refractivity contribution in [2.45, 2.75) is 0 Å². The van der Waals surface area contributed by atoms with E-state index < -0.39 is 17.9 Å². The molecule has 0 amide bonds. The predicted molar refractivity (Wildman–Crippen MR) is 210 cm³/mol. The minimum Gasteiger partial charge on any atom is -0.478 e. The number of hydrogen-bond donors (Lipinski definition) is 3. The molecule has 0 aliphatic heterocycles. The molecule has 0 heterocycles. The highest BCUT2D eigenvalue weighted by molar-refractivity contribution is 6.21. The second-order valence-electron chi connectivity index (χ2n) is 12.6. The van der Waals surface area contributed by atoms with E-state index >= 15 is 0 Å². The molecule has 284 valence electrons. The van der Waals surface area contributed by atoms with E-state index in [-0.39, 0.29) is 57.6 Å². The van der Waals surface area contributed by atoms with Gasteiger partial charge in [-0.15, -0.1) is 0 Å². The largest absolute Gasteiger partial charge is 0.478 e. The standard InChI is InChI=1S/C22H14O8.C22H10O6/c23-11-29-16-7-5-14(6-8-16)18-9-19(22(27)28)17(10-20(18)30-12-24)13-1-3-15(4-2-13)21(25)26;23-9-28-11-2-4-13-15-8-18-14(7-19(15)21(25)17(13)6-11)12-3-1-10(22(26)27)5-16(12)20(18)24/h1-12H,(H,25,26)(H,27,28);1-9H,(H,26,27). The molecule has 3 N–H and O–H groups in total. The maximum atomic E-state index is 12.9. The third kappa shape index (κ3) is 6.84. The first-order chi connectivity index (χ1) is 27.9. The number of benzene rings is 6. The highest BCUT2D eigenvalue weighted by Crippen LogP contribution is 2.38. The van der Waals surface area contributed by atoms with Gasteiger partial charge < -0.3 is 29.5 Å². The van der Waals surface area contributed by atoms with Gasteiger partial charge in [0.2, 0.25) is 0 Å². The van der Waals surface area contributed by atoms with Crippen LogP contribution in [0.3, 0.4) is 0 Å². The van der Waals surface area contributed by atoms with Crippen LogP contribution in [0.25, 0.3) is 65.3 Å². The Morgan fingerprint density at radius 3 is 1.43 bits per heavy atom. The highest BCUT2D eigenvalue weighted by atomic mass is 16.5. The minimum atomic E-state index is -1.22. The summed E-state index contributed by atoms with van der Waals surface area (Å²) in [7, 11) is 0. The van der Waals surface area contributed by atoms with Crippen LogP contribution in [0.4, 0.5) is 0 Å². The van der Waals surface area contributed by atoms with Gasteiger partial charge in [0, 0.05) is 27.1 Å². The molecule has 0 saturated carbocycles. The summed E-state index contributed by atoms with van der Waals surface area (Å²) in [5, 5.41) is 32.1. The third-order valence-corrected chi connectivity index (χ3v) is 9.48. The first-order valence-corrected chi connectivity index (χ1v) is 16.9. The van der Waals surface area contributed by atoms with Crippen molar-refractivity contribution in [2.24, 2.45) is 0 Å². The molecule has 58 heavy (non-hydrogen) atoms. The van der Waals surface area contributed by atoms with Crippen LogP contribution in [0.2, 0.25) is 0 Å². The van der Waals surface area contributed by atoms with E-state index in [0.29, 0.717) is 72.0 Å². The average molecular weight is 777 g/mol. The van der Waals surface area contributed by atoms with Crippen molar-refractivity contribution < 1.29 is 58.3 Å². The Morgan fingerprint density at radius 2 is 0.879 bits per heavy atom. The van der Waals surface area contributed by atoms with E-state index in [4.69, 9.17) is 19.3 Å². The van der Waals surface area contributed by atoms with E-state index in [1.54, 1.807) is 42.5 Å². The molecule has 8 aromatic carbocycles. The van der Waals surface area contributed by atoms with Crippen molar-refractivity contribution in [2.75, 3.05) is 0 Å². The van der Waals surface area contributed by atoms with E-state index in [0.717, 1.165) is 0 Å². The van der Waals surface area contributed by atoms with Crippen LogP contribution in [0.15, 0.2) is 119 Å². The summed E-state index contributed by atoms with van der Waals surface area (Å²) >= 11 is 0. The Balaban J connectivity index is 0.000000177. The van der Waals surface area contributed by atoms with E-state index in [1.807, 2.05) is 0 Å². The van der Waals surface area contributed by atoms with Crippen molar-refractivity contribution in [1.82, 2.24) is 0 Å². The van der Waals surface area contributed by atoms with Crippen molar-refractivity contribution >= 4 is 80.4 Å². The molecule has 0 unspecified atom stereocenters. The maximum absolute atomic E-state index is 12.9. The zero-order valence-electron chi connectivity index (χ0n) is 29.5. The van der Waals surface area contributed by atoms with Gasteiger partial charge >= 0.3 is 17.9 Å². The molecule has 8 aromatic rings. The monoisotopic (exact) mass is 776 g/mol. The molecule has 0 atom stereocenters. The average Bonchev–Trinajstić information content (AvgIpc) is 3.66. The summed E-state index contributed by atoms with van der Waals surface area (Å²) in [6.07, 6.45) is 0. The van der Waals surface area contributed by atoms with E-state index in [1.165, 1.54) is 66.7 Å². The second kappa shape index (κ2) is 15.3. The second-order valence-corrected chi connectivity index (χ2v) is 12.6. The molecule has 0 saturated heterocycles. The number of carboxylic acids is 3. The van der Waals surface area contributed by atoms with Crippen LogP contribution < -0.4 is 25.1 Å². The van der Waals surface area contributed by atoms with E-state index in [9.17, 15) is 48.6 Å². The molecule has 0 bridgehead atoms. The Bertz CT molecular complexity index is 3100. The van der Waals surface area contributed by atoms with Crippen LogP contribution in [-0.4, -0.2) is 52.6 Å². The van der Waals surface area contributed by atoms with Crippen molar-refractivity contribution in [3.05, 3.63) is 146 Å². The van der Waals surface area contributed by atoms with Gasteiger partial charge in [-0.3, -0.25) is 24.0 Å². The van der Waals surface area contributed by atoms with Crippen molar-refractivity contribution in [3.8, 4) is 39.5 Å². The third-order valence-electron chi connectivity index (χ3n) is 9.48. The van der Waals surface area contributed by atoms with E-state index in [2.05, 4.69) is 0 Å². The molecule has 0 fully saturated rings. The molecule has 14 heteroatoms. The van der Waals surface area contributed by atoms with Gasteiger partial charge in [-0.2, -0.15) is 0 Å². The fourth-order valence-corrected chi connectivity index (χ4v) is 6.82.